The van der Waals surface area contributed by atoms with Gasteiger partial charge in [0.2, 0.25) is 0 Å². The van der Waals surface area contributed by atoms with Crippen LogP contribution in [-0.2, 0) is 22.6 Å². The molecule has 3 aromatic rings. The van der Waals surface area contributed by atoms with Crippen LogP contribution in [0.5, 0.6) is 0 Å². The van der Waals surface area contributed by atoms with Gasteiger partial charge < -0.3 is 9.64 Å². The summed E-state index contributed by atoms with van der Waals surface area (Å²) in [5, 5.41) is 0. The Morgan fingerprint density at radius 1 is 0.821 bits per heavy atom. The molecule has 3 aromatic carbocycles. The van der Waals surface area contributed by atoms with Crippen LogP contribution in [0.2, 0.25) is 0 Å². The number of carbonyl (C=O) groups is 1. The van der Waals surface area contributed by atoms with Crippen LogP contribution < -0.4 is 4.90 Å². The lowest BCUT2D eigenvalue weighted by Gasteiger charge is -2.25. The molecule has 5 nitrogen and oxygen atoms in total. The number of hydrogen-bond donors (Lipinski definition) is 0. The molecule has 0 N–H and O–H groups in total. The van der Waals surface area contributed by atoms with E-state index in [1.165, 1.54) is 43.2 Å². The van der Waals surface area contributed by atoms with E-state index in [9.17, 15) is 4.79 Å². The zero-order valence-corrected chi connectivity index (χ0v) is 23.0. The van der Waals surface area contributed by atoms with Gasteiger partial charge in [0.25, 0.3) is 5.91 Å². The minimum atomic E-state index is -0.110. The molecule has 0 spiro atoms. The van der Waals surface area contributed by atoms with E-state index in [1.807, 2.05) is 25.1 Å². The molecule has 0 atom stereocenters. The lowest BCUT2D eigenvalue weighted by atomic mass is 9.97. The molecule has 202 valence electrons. The topological polar surface area (TPSA) is 45.1 Å². The molecular formula is C34H39N3O2. The predicted octanol–water partition coefficient (Wildman–Crippen LogP) is 7.58. The fraction of sp³-hybridized carbons (Fsp3) is 0.353. The van der Waals surface area contributed by atoms with Gasteiger partial charge in [0.1, 0.15) is 0 Å². The first kappa shape index (κ1) is 26.7. The third-order valence-electron chi connectivity index (χ3n) is 7.56. The fourth-order valence-corrected chi connectivity index (χ4v) is 5.38. The van der Waals surface area contributed by atoms with Crippen molar-refractivity contribution in [3.63, 3.8) is 0 Å². The van der Waals surface area contributed by atoms with Crippen LogP contribution in [0.4, 0.5) is 5.69 Å². The highest BCUT2D eigenvalue weighted by Gasteiger charge is 2.34. The fourth-order valence-electron chi connectivity index (χ4n) is 5.38. The molecule has 0 unspecified atom stereocenters. The Balaban J connectivity index is 1.33. The highest BCUT2D eigenvalue weighted by Crippen LogP contribution is 2.26. The molecule has 39 heavy (non-hydrogen) atoms. The number of hydrogen-bond acceptors (Lipinski definition) is 4. The zero-order chi connectivity index (χ0) is 26.9. The van der Waals surface area contributed by atoms with Gasteiger partial charge in [-0.25, -0.2) is 4.99 Å². The Kier molecular flexibility index (Phi) is 9.10. The van der Waals surface area contributed by atoms with Crippen molar-refractivity contribution in [3.8, 4) is 0 Å². The van der Waals surface area contributed by atoms with Crippen molar-refractivity contribution in [1.29, 1.82) is 0 Å². The zero-order valence-electron chi connectivity index (χ0n) is 23.0. The van der Waals surface area contributed by atoms with Crippen LogP contribution in [-0.4, -0.2) is 29.4 Å². The van der Waals surface area contributed by atoms with E-state index in [-0.39, 0.29) is 11.9 Å². The molecular weight excluding hydrogens is 482 g/mol. The van der Waals surface area contributed by atoms with Crippen molar-refractivity contribution < 1.29 is 9.53 Å². The summed E-state index contributed by atoms with van der Waals surface area (Å²) in [4.78, 5) is 22.1. The normalized spacial score (nSPS) is 18.7. The molecule has 2 aliphatic rings. The van der Waals surface area contributed by atoms with E-state index in [2.05, 4.69) is 77.7 Å². The molecule has 0 radical (unpaired) electrons. The second-order valence-corrected chi connectivity index (χ2v) is 10.5. The monoisotopic (exact) mass is 521 g/mol. The summed E-state index contributed by atoms with van der Waals surface area (Å²) in [6.07, 6.45) is 10.2. The van der Waals surface area contributed by atoms with Gasteiger partial charge in [-0.3, -0.25) is 9.69 Å². The summed E-state index contributed by atoms with van der Waals surface area (Å²) >= 11 is 0. The van der Waals surface area contributed by atoms with E-state index in [1.54, 1.807) is 4.90 Å². The second kappa shape index (κ2) is 13.3. The molecule has 0 bridgehead atoms. The summed E-state index contributed by atoms with van der Waals surface area (Å²) in [6, 6.07) is 30.1. The summed E-state index contributed by atoms with van der Waals surface area (Å²) in [5.41, 5.74) is 4.59. The molecule has 2 fully saturated rings. The highest BCUT2D eigenvalue weighted by atomic mass is 16.5. The number of anilines is 1. The van der Waals surface area contributed by atoms with Crippen LogP contribution >= 0.6 is 0 Å². The Morgan fingerprint density at radius 3 is 1.95 bits per heavy atom. The molecule has 1 amide bonds. The van der Waals surface area contributed by atoms with Gasteiger partial charge in [0.15, 0.2) is 5.76 Å². The smallest absolute Gasteiger partial charge is 0.300 e. The number of rotatable bonds is 8. The van der Waals surface area contributed by atoms with Crippen molar-refractivity contribution in [2.45, 2.75) is 71.0 Å². The van der Waals surface area contributed by atoms with Crippen LogP contribution in [0.3, 0.4) is 0 Å². The number of likely N-dealkylation sites (N-methyl/N-ethyl adjacent to an activating group) is 1. The summed E-state index contributed by atoms with van der Waals surface area (Å²) in [6.45, 7) is 4.14. The second-order valence-electron chi connectivity index (χ2n) is 10.5. The standard InChI is InChI=1S/C34H39N3O2/c1-2-37-33(38)32(39-34(37)35-30-18-12-4-3-5-13-19-30)24-27-20-22-31(23-21-27)36(25-28-14-8-6-9-15-28)26-29-16-10-7-11-17-29/h6-11,14-17,20-24,30H,2-5,12-13,18-19,25-26H2,1H3/b32-24+,35-34?. The van der Waals surface area contributed by atoms with E-state index >= 15 is 0 Å². The van der Waals surface area contributed by atoms with E-state index in [4.69, 9.17) is 9.73 Å². The van der Waals surface area contributed by atoms with Crippen molar-refractivity contribution in [2.24, 2.45) is 4.99 Å². The maximum atomic E-state index is 13.1. The first-order valence-electron chi connectivity index (χ1n) is 14.4. The van der Waals surface area contributed by atoms with Crippen LogP contribution in [0.1, 0.15) is 68.6 Å². The Morgan fingerprint density at radius 2 is 1.38 bits per heavy atom. The summed E-state index contributed by atoms with van der Waals surface area (Å²) < 4.78 is 6.07. The van der Waals surface area contributed by atoms with E-state index < -0.39 is 0 Å². The summed E-state index contributed by atoms with van der Waals surface area (Å²) in [7, 11) is 0. The minimum absolute atomic E-state index is 0.110. The molecule has 5 rings (SSSR count). The molecule has 5 heteroatoms. The minimum Gasteiger partial charge on any atom is -0.420 e. The van der Waals surface area contributed by atoms with Gasteiger partial charge in [0.05, 0.1) is 6.04 Å². The van der Waals surface area contributed by atoms with Crippen molar-refractivity contribution in [3.05, 3.63) is 107 Å². The first-order valence-corrected chi connectivity index (χ1v) is 14.4. The number of aliphatic imine (C=N–C) groups is 1. The van der Waals surface area contributed by atoms with Crippen molar-refractivity contribution in [1.82, 2.24) is 4.90 Å². The van der Waals surface area contributed by atoms with Gasteiger partial charge in [-0.15, -0.1) is 0 Å². The number of carbonyl (C=O) groups excluding carboxylic acids is 1. The lowest BCUT2D eigenvalue weighted by Crippen LogP contribution is -2.30. The lowest BCUT2D eigenvalue weighted by molar-refractivity contribution is -0.122. The number of benzene rings is 3. The maximum Gasteiger partial charge on any atom is 0.300 e. The Labute approximate surface area is 232 Å². The van der Waals surface area contributed by atoms with Crippen LogP contribution in [0.25, 0.3) is 6.08 Å². The van der Waals surface area contributed by atoms with Crippen LogP contribution in [0, 0.1) is 0 Å². The number of ether oxygens (including phenoxy) is 1. The van der Waals surface area contributed by atoms with Crippen molar-refractivity contribution >= 4 is 23.7 Å². The third kappa shape index (κ3) is 7.17. The first-order chi connectivity index (χ1) is 19.2. The number of amidine groups is 1. The quantitative estimate of drug-likeness (QED) is 0.287. The van der Waals surface area contributed by atoms with Gasteiger partial charge in [-0.2, -0.15) is 0 Å². The SMILES string of the molecule is CCN1C(=O)/C(=C\c2ccc(N(Cc3ccccc3)Cc3ccccc3)cc2)OC1=NC1CCCCCCC1. The highest BCUT2D eigenvalue weighted by molar-refractivity contribution is 6.11. The Bertz CT molecular complexity index is 1220. The average Bonchev–Trinajstić information content (AvgIpc) is 3.24. The largest absolute Gasteiger partial charge is 0.420 e. The molecule has 1 saturated heterocycles. The average molecular weight is 522 g/mol. The number of amides is 1. The van der Waals surface area contributed by atoms with E-state index in [0.717, 1.165) is 37.2 Å². The predicted molar refractivity (Wildman–Crippen MR) is 159 cm³/mol. The molecule has 1 saturated carbocycles. The maximum absolute atomic E-state index is 13.1. The van der Waals surface area contributed by atoms with Gasteiger partial charge in [-0.1, -0.05) is 105 Å². The third-order valence-corrected chi connectivity index (χ3v) is 7.56. The van der Waals surface area contributed by atoms with Gasteiger partial charge in [-0.05, 0) is 54.7 Å². The van der Waals surface area contributed by atoms with Crippen LogP contribution in [0.15, 0.2) is 95.7 Å². The van der Waals surface area contributed by atoms with Crippen molar-refractivity contribution in [2.75, 3.05) is 11.4 Å². The van der Waals surface area contributed by atoms with E-state index in [0.29, 0.717) is 18.3 Å². The molecule has 1 aliphatic carbocycles. The Hall–Kier alpha value is -3.86. The van der Waals surface area contributed by atoms with Gasteiger partial charge >= 0.3 is 6.02 Å². The number of nitrogens with zero attached hydrogens (tertiary/aromatic N) is 3. The molecule has 1 aliphatic heterocycles. The molecule has 1 heterocycles. The van der Waals surface area contributed by atoms with Gasteiger partial charge in [0, 0.05) is 25.3 Å². The molecule has 0 aromatic heterocycles. The summed E-state index contributed by atoms with van der Waals surface area (Å²) in [5.74, 6) is 0.237.